The molecule has 64 heavy (non-hydrogen) atoms. The largest absolute Gasteiger partial charge is 0.453 e. The smallest absolute Gasteiger partial charge is 0.151 e. The molecule has 0 aliphatic carbocycles. The fourth-order valence-electron chi connectivity index (χ4n) is 9.58. The minimum absolute atomic E-state index is 0.825. The average molecular weight is 823 g/mol. The number of hydrogen-bond donors (Lipinski definition) is 0. The van der Waals surface area contributed by atoms with E-state index in [2.05, 4.69) is 201 Å². The van der Waals surface area contributed by atoms with Crippen LogP contribution in [0.4, 0.5) is 34.1 Å². The molecule has 0 spiro atoms. The number of hydrogen-bond acceptors (Lipinski definition) is 5. The first-order valence-corrected chi connectivity index (χ1v) is 21.6. The lowest BCUT2D eigenvalue weighted by atomic mass is 9.95. The third-order valence-corrected chi connectivity index (χ3v) is 12.5. The van der Waals surface area contributed by atoms with Gasteiger partial charge in [-0.3, -0.25) is 9.13 Å². The summed E-state index contributed by atoms with van der Waals surface area (Å²) in [4.78, 5) is 15.5. The van der Waals surface area contributed by atoms with Crippen LogP contribution < -0.4 is 14.5 Å². The number of benzene rings is 9. The van der Waals surface area contributed by atoms with Gasteiger partial charge in [0.05, 0.1) is 33.4 Å². The van der Waals surface area contributed by atoms with Crippen LogP contribution in [0.1, 0.15) is 11.1 Å². The molecule has 0 fully saturated rings. The molecule has 0 N–H and O–H groups in total. The van der Waals surface area contributed by atoms with Crippen LogP contribution in [0.5, 0.6) is 11.5 Å². The van der Waals surface area contributed by atoms with E-state index in [1.54, 1.807) is 0 Å². The number of para-hydroxylation sites is 8. The van der Waals surface area contributed by atoms with E-state index in [4.69, 9.17) is 14.7 Å². The maximum Gasteiger partial charge on any atom is 0.151 e. The number of anilines is 6. The van der Waals surface area contributed by atoms with E-state index in [0.717, 1.165) is 96.9 Å². The van der Waals surface area contributed by atoms with Crippen molar-refractivity contribution < 1.29 is 4.74 Å². The summed E-state index contributed by atoms with van der Waals surface area (Å²) in [6, 6.07) is 76.7. The molecular weight excluding hydrogens is 785 g/mol. The molecule has 13 rings (SSSR count). The molecule has 0 saturated heterocycles. The number of fused-ring (bicyclic) bond motifs is 6. The predicted octanol–water partition coefficient (Wildman–Crippen LogP) is 14.6. The van der Waals surface area contributed by atoms with Crippen molar-refractivity contribution in [3.63, 3.8) is 0 Å². The first-order chi connectivity index (χ1) is 31.7. The van der Waals surface area contributed by atoms with Crippen LogP contribution in [-0.2, 0) is 6.42 Å². The molecule has 0 saturated carbocycles. The van der Waals surface area contributed by atoms with Crippen molar-refractivity contribution in [1.82, 2.24) is 19.1 Å². The Labute approximate surface area is 370 Å². The fourth-order valence-corrected chi connectivity index (χ4v) is 9.58. The standard InChI is InChI=1S/C57H38N6O/c1-3-17-42(18-4-1)62-52-37-47-53(36-46(52)58-56(62)38-27-31-44(32-28-38)60-48-21-9-7-15-40(48)35-41-16-8-10-22-49(41)60)63(43-19-5-2-6-20-43)57(59-47)39-29-33-45(34-30-39)61-50-23-11-13-25-54(50)64-55-26-14-12-24-51(55)61/h1-34,36-37H,35H2. The summed E-state index contributed by atoms with van der Waals surface area (Å²) in [5, 5.41) is 0. The van der Waals surface area contributed by atoms with E-state index in [0.29, 0.717) is 0 Å². The molecule has 0 radical (unpaired) electrons. The average Bonchev–Trinajstić information content (AvgIpc) is 3.93. The summed E-state index contributed by atoms with van der Waals surface area (Å²) in [6.45, 7) is 0. The second kappa shape index (κ2) is 14.5. The van der Waals surface area contributed by atoms with Gasteiger partial charge in [-0.2, -0.15) is 0 Å². The number of aromatic nitrogens is 4. The second-order valence-corrected chi connectivity index (χ2v) is 16.3. The van der Waals surface area contributed by atoms with Gasteiger partial charge in [0, 0.05) is 51.7 Å². The van der Waals surface area contributed by atoms with E-state index in [1.165, 1.54) is 22.5 Å². The maximum absolute atomic E-state index is 6.30. The minimum atomic E-state index is 0.825. The van der Waals surface area contributed by atoms with Crippen molar-refractivity contribution in [2.45, 2.75) is 6.42 Å². The lowest BCUT2D eigenvalue weighted by Gasteiger charge is -2.33. The van der Waals surface area contributed by atoms with Crippen LogP contribution in [-0.4, -0.2) is 19.1 Å². The molecule has 0 unspecified atom stereocenters. The number of rotatable bonds is 6. The van der Waals surface area contributed by atoms with E-state index in [9.17, 15) is 0 Å². The summed E-state index contributed by atoms with van der Waals surface area (Å²) in [7, 11) is 0. The summed E-state index contributed by atoms with van der Waals surface area (Å²) in [6.07, 6.45) is 0.922. The zero-order valence-corrected chi connectivity index (χ0v) is 34.6. The molecule has 11 aromatic rings. The molecule has 7 nitrogen and oxygen atoms in total. The van der Waals surface area contributed by atoms with E-state index in [1.807, 2.05) is 36.4 Å². The predicted molar refractivity (Wildman–Crippen MR) is 259 cm³/mol. The van der Waals surface area contributed by atoms with Crippen molar-refractivity contribution >= 4 is 56.2 Å². The Morgan fingerprint density at radius 1 is 0.344 bits per heavy atom. The quantitative estimate of drug-likeness (QED) is 0.167. The van der Waals surface area contributed by atoms with Gasteiger partial charge >= 0.3 is 0 Å². The first-order valence-electron chi connectivity index (χ1n) is 21.6. The summed E-state index contributed by atoms with van der Waals surface area (Å²) < 4.78 is 10.8. The van der Waals surface area contributed by atoms with Crippen molar-refractivity contribution in [1.29, 1.82) is 0 Å². The van der Waals surface area contributed by atoms with Crippen LogP contribution in [0.25, 0.3) is 56.2 Å². The van der Waals surface area contributed by atoms with Crippen molar-refractivity contribution in [2.24, 2.45) is 0 Å². The first kappa shape index (κ1) is 36.0. The zero-order valence-electron chi connectivity index (χ0n) is 34.6. The third-order valence-electron chi connectivity index (χ3n) is 12.5. The molecule has 2 aliphatic rings. The number of nitrogens with zero attached hydrogens (tertiary/aromatic N) is 6. The highest BCUT2D eigenvalue weighted by molar-refractivity contribution is 5.97. The van der Waals surface area contributed by atoms with Crippen LogP contribution in [0.15, 0.2) is 218 Å². The topological polar surface area (TPSA) is 51.4 Å². The van der Waals surface area contributed by atoms with Crippen molar-refractivity contribution in [2.75, 3.05) is 9.80 Å². The van der Waals surface area contributed by atoms with Crippen molar-refractivity contribution in [3.8, 4) is 45.6 Å². The lowest BCUT2D eigenvalue weighted by molar-refractivity contribution is 0.477. The molecule has 0 amide bonds. The minimum Gasteiger partial charge on any atom is -0.453 e. The summed E-state index contributed by atoms with van der Waals surface area (Å²) in [5.41, 5.74) is 17.0. The molecule has 0 atom stereocenters. The molecule has 9 aromatic carbocycles. The molecular formula is C57H38N6O. The van der Waals surface area contributed by atoms with Gasteiger partial charge < -0.3 is 14.5 Å². The monoisotopic (exact) mass is 822 g/mol. The van der Waals surface area contributed by atoms with Gasteiger partial charge in [0.15, 0.2) is 11.5 Å². The lowest BCUT2D eigenvalue weighted by Crippen LogP contribution is -2.18. The molecule has 0 bridgehead atoms. The number of ether oxygens (including phenoxy) is 1. The molecule has 4 heterocycles. The normalized spacial score (nSPS) is 12.7. The van der Waals surface area contributed by atoms with Crippen LogP contribution >= 0.6 is 0 Å². The van der Waals surface area contributed by atoms with Gasteiger partial charge in [-0.05, 0) is 132 Å². The molecule has 2 aliphatic heterocycles. The highest BCUT2D eigenvalue weighted by Gasteiger charge is 2.27. The van der Waals surface area contributed by atoms with Crippen LogP contribution in [0.2, 0.25) is 0 Å². The Bertz CT molecular complexity index is 3230. The summed E-state index contributed by atoms with van der Waals surface area (Å²) in [5.74, 6) is 3.37. The number of imidazole rings is 2. The van der Waals surface area contributed by atoms with Gasteiger partial charge in [-0.15, -0.1) is 0 Å². The van der Waals surface area contributed by atoms with Gasteiger partial charge in [0.1, 0.15) is 11.6 Å². The molecule has 2 aromatic heterocycles. The van der Waals surface area contributed by atoms with Crippen molar-refractivity contribution in [3.05, 3.63) is 230 Å². The van der Waals surface area contributed by atoms with Crippen LogP contribution in [0.3, 0.4) is 0 Å². The van der Waals surface area contributed by atoms with Gasteiger partial charge in [0.25, 0.3) is 0 Å². The van der Waals surface area contributed by atoms with E-state index in [-0.39, 0.29) is 0 Å². The highest BCUT2D eigenvalue weighted by atomic mass is 16.5. The Hall–Kier alpha value is -8.68. The van der Waals surface area contributed by atoms with Gasteiger partial charge in [-0.1, -0.05) is 97.1 Å². The van der Waals surface area contributed by atoms with Gasteiger partial charge in [-0.25, -0.2) is 9.97 Å². The van der Waals surface area contributed by atoms with Gasteiger partial charge in [0.2, 0.25) is 0 Å². The Morgan fingerprint density at radius 2 is 0.719 bits per heavy atom. The maximum atomic E-state index is 6.30. The Kier molecular flexibility index (Phi) is 8.14. The summed E-state index contributed by atoms with van der Waals surface area (Å²) >= 11 is 0. The highest BCUT2D eigenvalue weighted by Crippen LogP contribution is 2.50. The molecule has 7 heteroatoms. The SMILES string of the molecule is c1ccc(-n2c(-c3ccc(N4c5ccccc5Cc5ccccc54)cc3)nc3cc4c(cc32)nc(-c2ccc(N3c5ccccc5Oc5ccccc53)cc2)n4-c2ccccc2)cc1. The molecule has 302 valence electrons. The van der Waals surface area contributed by atoms with Crippen LogP contribution in [0, 0.1) is 0 Å². The third kappa shape index (κ3) is 5.75. The Morgan fingerprint density at radius 3 is 1.17 bits per heavy atom. The fraction of sp³-hybridized carbons (Fsp3) is 0.0175. The van der Waals surface area contributed by atoms with E-state index >= 15 is 0 Å². The second-order valence-electron chi connectivity index (χ2n) is 16.3. The zero-order chi connectivity index (χ0) is 42.1. The van der Waals surface area contributed by atoms with E-state index < -0.39 is 0 Å². The Balaban J connectivity index is 0.939.